The molecule has 0 spiro atoms. The lowest BCUT2D eigenvalue weighted by atomic mass is 9.77. The molecule has 6 N–H and O–H groups in total. The van der Waals surface area contributed by atoms with Gasteiger partial charge in [0.2, 0.25) is 17.7 Å². The number of halogens is 1. The van der Waals surface area contributed by atoms with Gasteiger partial charge in [0.25, 0.3) is 0 Å². The summed E-state index contributed by atoms with van der Waals surface area (Å²) in [6.45, 7) is 1.38. The van der Waals surface area contributed by atoms with Crippen molar-refractivity contribution >= 4 is 30.1 Å². The van der Waals surface area contributed by atoms with Gasteiger partial charge in [-0.25, -0.2) is 0 Å². The number of carbonyl (C=O) groups excluding carboxylic acids is 3. The molecule has 0 unspecified atom stereocenters. The van der Waals surface area contributed by atoms with Crippen molar-refractivity contribution in [2.45, 2.75) is 43.9 Å². The van der Waals surface area contributed by atoms with Crippen LogP contribution in [0.4, 0.5) is 0 Å². The van der Waals surface area contributed by atoms with Crippen molar-refractivity contribution in [3.05, 3.63) is 0 Å². The standard InChI is InChI=1S/C17H26N4O4.ClH/c18-15(23)11(4-7-1-2-19-16(7)24)21-17(25)14-13-9-3-8(5-12(9)22)10(13)6-20-14;/h7-14,20,22H,1-6H2,(H2,18,23)(H,19,24)(H,21,25);1H/t7-,8-,9+,10+,11-,12+,13-,14-;/m0./s1. The van der Waals surface area contributed by atoms with Crippen LogP contribution in [0, 0.1) is 29.6 Å². The Hall–Kier alpha value is -1.38. The molecule has 0 aromatic heterocycles. The lowest BCUT2D eigenvalue weighted by molar-refractivity contribution is -0.131. The first-order valence-corrected chi connectivity index (χ1v) is 9.24. The van der Waals surface area contributed by atoms with E-state index in [4.69, 9.17) is 5.73 Å². The molecule has 4 aliphatic rings. The van der Waals surface area contributed by atoms with Crippen LogP contribution in [0.3, 0.4) is 0 Å². The molecule has 26 heavy (non-hydrogen) atoms. The fourth-order valence-electron chi connectivity index (χ4n) is 5.61. The van der Waals surface area contributed by atoms with Crippen LogP contribution in [0.2, 0.25) is 0 Å². The van der Waals surface area contributed by atoms with Crippen LogP contribution < -0.4 is 21.7 Å². The van der Waals surface area contributed by atoms with Crippen molar-refractivity contribution in [3.8, 4) is 0 Å². The zero-order valence-corrected chi connectivity index (χ0v) is 15.3. The second kappa shape index (κ2) is 7.32. The van der Waals surface area contributed by atoms with Crippen LogP contribution in [0.5, 0.6) is 0 Å². The average Bonchev–Trinajstić information content (AvgIpc) is 3.28. The fourth-order valence-corrected chi connectivity index (χ4v) is 5.61. The fraction of sp³-hybridized carbons (Fsp3) is 0.824. The average molecular weight is 387 g/mol. The van der Waals surface area contributed by atoms with Gasteiger partial charge in [0.1, 0.15) is 6.04 Å². The lowest BCUT2D eigenvalue weighted by Crippen LogP contribution is -2.53. The first-order valence-electron chi connectivity index (χ1n) is 9.24. The van der Waals surface area contributed by atoms with E-state index in [1.165, 1.54) is 0 Å². The van der Waals surface area contributed by atoms with Crippen molar-refractivity contribution in [1.82, 2.24) is 16.0 Å². The maximum atomic E-state index is 12.8. The van der Waals surface area contributed by atoms with E-state index in [0.717, 1.165) is 19.4 Å². The monoisotopic (exact) mass is 386 g/mol. The molecule has 2 aliphatic carbocycles. The number of hydrogen-bond donors (Lipinski definition) is 5. The first kappa shape index (κ1) is 19.4. The van der Waals surface area contributed by atoms with Crippen molar-refractivity contribution < 1.29 is 19.5 Å². The molecule has 2 aliphatic heterocycles. The Morgan fingerprint density at radius 3 is 2.73 bits per heavy atom. The van der Waals surface area contributed by atoms with Crippen molar-refractivity contribution in [1.29, 1.82) is 0 Å². The van der Waals surface area contributed by atoms with Gasteiger partial charge in [-0.3, -0.25) is 14.4 Å². The minimum absolute atomic E-state index is 0. The number of fused-ring (bicyclic) bond motifs is 5. The molecule has 2 saturated carbocycles. The van der Waals surface area contributed by atoms with Crippen LogP contribution in [0.25, 0.3) is 0 Å². The van der Waals surface area contributed by atoms with E-state index in [9.17, 15) is 19.5 Å². The predicted molar refractivity (Wildman–Crippen MR) is 95.1 cm³/mol. The Bertz CT molecular complexity index is 603. The van der Waals surface area contributed by atoms with Gasteiger partial charge in [0.05, 0.1) is 12.1 Å². The van der Waals surface area contributed by atoms with Crippen molar-refractivity contribution in [2.24, 2.45) is 35.3 Å². The minimum Gasteiger partial charge on any atom is -0.393 e. The number of carbonyl (C=O) groups is 3. The molecule has 4 fully saturated rings. The second-order valence-corrected chi connectivity index (χ2v) is 8.07. The summed E-state index contributed by atoms with van der Waals surface area (Å²) in [4.78, 5) is 36.3. The van der Waals surface area contributed by atoms with Crippen LogP contribution >= 0.6 is 12.4 Å². The third-order valence-corrected chi connectivity index (χ3v) is 6.79. The number of nitrogens with two attached hydrogens (primary N) is 1. The second-order valence-electron chi connectivity index (χ2n) is 8.07. The van der Waals surface area contributed by atoms with Crippen LogP contribution in [-0.2, 0) is 14.4 Å². The highest BCUT2D eigenvalue weighted by molar-refractivity contribution is 5.90. The third-order valence-electron chi connectivity index (χ3n) is 6.79. The number of aliphatic hydroxyl groups is 1. The molecular formula is C17H27ClN4O4. The number of aliphatic hydroxyl groups excluding tert-OH is 1. The molecule has 2 heterocycles. The smallest absolute Gasteiger partial charge is 0.240 e. The minimum atomic E-state index is -0.842. The SMILES string of the molecule is Cl.NC(=O)[C@H](C[C@@H]1CCNC1=O)NC(=O)[C@H]1NC[C@@H]2[C@H]3C[C@@H]([C@@H]21)[C@H](O)C3. The summed E-state index contributed by atoms with van der Waals surface area (Å²) < 4.78 is 0. The molecule has 8 nitrogen and oxygen atoms in total. The molecule has 0 radical (unpaired) electrons. The van der Waals surface area contributed by atoms with Crippen molar-refractivity contribution in [3.63, 3.8) is 0 Å². The predicted octanol–water partition coefficient (Wildman–Crippen LogP) is -1.49. The van der Waals surface area contributed by atoms with E-state index in [1.54, 1.807) is 0 Å². The molecule has 9 heteroatoms. The summed E-state index contributed by atoms with van der Waals surface area (Å²) in [5.74, 6) is -0.0288. The maximum absolute atomic E-state index is 12.8. The number of amides is 3. The molecule has 2 bridgehead atoms. The Morgan fingerprint density at radius 2 is 2.08 bits per heavy atom. The largest absolute Gasteiger partial charge is 0.393 e. The molecule has 2 saturated heterocycles. The summed E-state index contributed by atoms with van der Waals surface area (Å²) >= 11 is 0. The van der Waals surface area contributed by atoms with E-state index in [-0.39, 0.29) is 54.5 Å². The van der Waals surface area contributed by atoms with Gasteiger partial charge in [-0.05, 0) is 55.9 Å². The Balaban J connectivity index is 0.00000196. The van der Waals surface area contributed by atoms with Gasteiger partial charge >= 0.3 is 0 Å². The summed E-state index contributed by atoms with van der Waals surface area (Å²) in [7, 11) is 0. The summed E-state index contributed by atoms with van der Waals surface area (Å²) in [5.41, 5.74) is 5.45. The number of nitrogens with one attached hydrogen (secondary N) is 3. The zero-order valence-electron chi connectivity index (χ0n) is 14.5. The van der Waals surface area contributed by atoms with Gasteiger partial charge < -0.3 is 26.8 Å². The maximum Gasteiger partial charge on any atom is 0.240 e. The molecular weight excluding hydrogens is 360 g/mol. The van der Waals surface area contributed by atoms with Gasteiger partial charge in [0.15, 0.2) is 0 Å². The van der Waals surface area contributed by atoms with Gasteiger partial charge in [-0.15, -0.1) is 12.4 Å². The van der Waals surface area contributed by atoms with E-state index >= 15 is 0 Å². The highest BCUT2D eigenvalue weighted by atomic mass is 35.5. The van der Waals surface area contributed by atoms with Crippen LogP contribution in [0.1, 0.15) is 25.7 Å². The number of rotatable bonds is 5. The molecule has 0 aromatic carbocycles. The summed E-state index contributed by atoms with van der Waals surface area (Å²) in [6, 6.07) is -1.24. The van der Waals surface area contributed by atoms with E-state index in [1.807, 2.05) is 0 Å². The molecule has 4 rings (SSSR count). The summed E-state index contributed by atoms with van der Waals surface area (Å²) in [5, 5.41) is 18.9. The number of hydrogen-bond acceptors (Lipinski definition) is 5. The molecule has 8 atom stereocenters. The molecule has 0 aromatic rings. The van der Waals surface area contributed by atoms with Crippen LogP contribution in [0.15, 0.2) is 0 Å². The quantitative estimate of drug-likeness (QED) is 0.392. The van der Waals surface area contributed by atoms with Gasteiger partial charge in [-0.1, -0.05) is 0 Å². The van der Waals surface area contributed by atoms with Crippen LogP contribution in [-0.4, -0.2) is 54.1 Å². The normalized spacial score (nSPS) is 41.3. The Morgan fingerprint density at radius 1 is 1.31 bits per heavy atom. The highest BCUT2D eigenvalue weighted by Gasteiger charge is 2.58. The highest BCUT2D eigenvalue weighted by Crippen LogP contribution is 2.55. The van der Waals surface area contributed by atoms with Gasteiger partial charge in [-0.2, -0.15) is 0 Å². The Labute approximate surface area is 158 Å². The van der Waals surface area contributed by atoms with E-state index in [2.05, 4.69) is 16.0 Å². The van der Waals surface area contributed by atoms with Crippen molar-refractivity contribution in [2.75, 3.05) is 13.1 Å². The first-order chi connectivity index (χ1) is 12.0. The third kappa shape index (κ3) is 3.18. The molecule has 3 amide bonds. The molecule has 146 valence electrons. The Kier molecular flexibility index (Phi) is 5.46. The topological polar surface area (TPSA) is 134 Å². The van der Waals surface area contributed by atoms with E-state index in [0.29, 0.717) is 24.8 Å². The van der Waals surface area contributed by atoms with Gasteiger partial charge in [0, 0.05) is 12.5 Å². The number of primary amides is 1. The summed E-state index contributed by atoms with van der Waals surface area (Å²) in [6.07, 6.45) is 2.39. The zero-order chi connectivity index (χ0) is 17.7. The lowest BCUT2D eigenvalue weighted by Gasteiger charge is -2.31. The van der Waals surface area contributed by atoms with E-state index < -0.39 is 18.0 Å².